The van der Waals surface area contributed by atoms with Crippen molar-refractivity contribution in [1.29, 1.82) is 0 Å². The predicted molar refractivity (Wildman–Crippen MR) is 102 cm³/mol. The maximum absolute atomic E-state index is 13.7. The zero-order valence-corrected chi connectivity index (χ0v) is 15.8. The lowest BCUT2D eigenvalue weighted by Crippen LogP contribution is -2.36. The van der Waals surface area contributed by atoms with Crippen molar-refractivity contribution in [3.63, 3.8) is 0 Å². The van der Waals surface area contributed by atoms with Gasteiger partial charge in [0.1, 0.15) is 17.1 Å². The molecule has 1 aliphatic heterocycles. The first-order valence-electron chi connectivity index (χ1n) is 9.27. The van der Waals surface area contributed by atoms with E-state index in [2.05, 4.69) is 15.7 Å². The van der Waals surface area contributed by atoms with Crippen LogP contribution in [0.5, 0.6) is 0 Å². The number of furan rings is 1. The van der Waals surface area contributed by atoms with Crippen LogP contribution in [0.25, 0.3) is 0 Å². The van der Waals surface area contributed by atoms with E-state index in [9.17, 15) is 23.1 Å². The van der Waals surface area contributed by atoms with Crippen molar-refractivity contribution in [2.75, 3.05) is 10.6 Å². The number of nitrogens with zero attached hydrogens (tertiary/aromatic N) is 2. The smallest absolute Gasteiger partial charge is 0.410 e. The first-order chi connectivity index (χ1) is 14.2. The number of amides is 1. The Morgan fingerprint density at radius 1 is 1.33 bits per heavy atom. The van der Waals surface area contributed by atoms with Crippen molar-refractivity contribution in [3.8, 4) is 0 Å². The van der Waals surface area contributed by atoms with Gasteiger partial charge in [0.25, 0.3) is 5.91 Å². The second-order valence-electron chi connectivity index (χ2n) is 7.11. The Kier molecular flexibility index (Phi) is 5.02. The van der Waals surface area contributed by atoms with E-state index in [-0.39, 0.29) is 17.8 Å². The number of halogens is 3. The van der Waals surface area contributed by atoms with Gasteiger partial charge in [0.15, 0.2) is 6.04 Å². The van der Waals surface area contributed by atoms with Crippen LogP contribution < -0.4 is 10.6 Å². The zero-order chi connectivity index (χ0) is 21.5. The molecule has 1 unspecified atom stereocenters. The number of carbonyl (C=O) groups is 1. The normalized spacial score (nSPS) is 19.6. The molecule has 3 N–H and O–H groups in total. The fraction of sp³-hybridized carbons (Fsp3) is 0.300. The highest BCUT2D eigenvalue weighted by atomic mass is 19.4. The molecule has 0 spiro atoms. The Hall–Kier alpha value is -3.27. The summed E-state index contributed by atoms with van der Waals surface area (Å²) in [7, 11) is 0. The van der Waals surface area contributed by atoms with Crippen molar-refractivity contribution < 1.29 is 27.5 Å². The van der Waals surface area contributed by atoms with Crippen molar-refractivity contribution in [3.05, 3.63) is 65.7 Å². The number of aliphatic hydroxyl groups is 1. The molecule has 3 aromatic rings. The molecule has 7 nitrogen and oxygen atoms in total. The maximum atomic E-state index is 13.7. The first kappa shape index (κ1) is 20.0. The average Bonchev–Trinajstić information content (AvgIpc) is 3.36. The number of alkyl halides is 3. The van der Waals surface area contributed by atoms with E-state index in [1.54, 1.807) is 43.3 Å². The number of aliphatic hydroxyl groups excluding tert-OH is 1. The molecule has 0 fully saturated rings. The summed E-state index contributed by atoms with van der Waals surface area (Å²) in [6.45, 7) is 1.62. The SMILES string of the molecule is CC(O)c1ccc(NC(=O)c2cnn3c2N[C@@H](c2ccco2)C[C@H]3C(F)(F)F)cc1. The Morgan fingerprint density at radius 3 is 2.67 bits per heavy atom. The molecule has 3 heterocycles. The molecule has 1 aliphatic rings. The van der Waals surface area contributed by atoms with Crippen molar-refractivity contribution in [1.82, 2.24) is 9.78 Å². The lowest BCUT2D eigenvalue weighted by atomic mass is 10.0. The largest absolute Gasteiger partial charge is 0.467 e. The highest BCUT2D eigenvalue weighted by molar-refractivity contribution is 6.07. The van der Waals surface area contributed by atoms with E-state index in [1.165, 1.54) is 6.26 Å². The topological polar surface area (TPSA) is 92.3 Å². The summed E-state index contributed by atoms with van der Waals surface area (Å²) in [5.41, 5.74) is 1.10. The summed E-state index contributed by atoms with van der Waals surface area (Å²) < 4.78 is 47.0. The lowest BCUT2D eigenvalue weighted by Gasteiger charge is -2.32. The molecule has 10 heteroatoms. The second-order valence-corrected chi connectivity index (χ2v) is 7.11. The van der Waals surface area contributed by atoms with Gasteiger partial charge in [-0.2, -0.15) is 18.3 Å². The van der Waals surface area contributed by atoms with Gasteiger partial charge in [-0.3, -0.25) is 4.79 Å². The van der Waals surface area contributed by atoms with Gasteiger partial charge in [-0.05, 0) is 36.8 Å². The quantitative estimate of drug-likeness (QED) is 0.580. The number of carbonyl (C=O) groups excluding carboxylic acids is 1. The van der Waals surface area contributed by atoms with Crippen LogP contribution in [0.3, 0.4) is 0 Å². The molecule has 0 aliphatic carbocycles. The minimum absolute atomic E-state index is 0.0138. The predicted octanol–water partition coefficient (Wildman–Crippen LogP) is 4.44. The van der Waals surface area contributed by atoms with Gasteiger partial charge in [0, 0.05) is 12.1 Å². The highest BCUT2D eigenvalue weighted by Crippen LogP contribution is 2.44. The van der Waals surface area contributed by atoms with E-state index in [0.29, 0.717) is 17.0 Å². The third-order valence-electron chi connectivity index (χ3n) is 5.02. The molecule has 158 valence electrons. The molecule has 2 aromatic heterocycles. The van der Waals surface area contributed by atoms with Crippen molar-refractivity contribution >= 4 is 17.4 Å². The lowest BCUT2D eigenvalue weighted by molar-refractivity contribution is -0.174. The molecule has 1 aromatic carbocycles. The Morgan fingerprint density at radius 2 is 2.07 bits per heavy atom. The number of hydrogen-bond acceptors (Lipinski definition) is 5. The summed E-state index contributed by atoms with van der Waals surface area (Å²) in [4.78, 5) is 12.8. The Balaban J connectivity index is 1.63. The van der Waals surface area contributed by atoms with Gasteiger partial charge in [-0.25, -0.2) is 4.68 Å². The van der Waals surface area contributed by atoms with E-state index in [0.717, 1.165) is 10.9 Å². The van der Waals surface area contributed by atoms with Crippen LogP contribution in [-0.4, -0.2) is 27.0 Å². The molecular formula is C20H19F3N4O3. The number of fused-ring (bicyclic) bond motifs is 1. The van der Waals surface area contributed by atoms with Crippen LogP contribution in [0.15, 0.2) is 53.3 Å². The minimum Gasteiger partial charge on any atom is -0.467 e. The summed E-state index contributed by atoms with van der Waals surface area (Å²) in [6.07, 6.45) is -3.01. The van der Waals surface area contributed by atoms with Crippen LogP contribution in [0.4, 0.5) is 24.7 Å². The van der Waals surface area contributed by atoms with Crippen LogP contribution in [-0.2, 0) is 0 Å². The molecular weight excluding hydrogens is 401 g/mol. The maximum Gasteiger partial charge on any atom is 0.410 e. The van der Waals surface area contributed by atoms with Crippen molar-refractivity contribution in [2.24, 2.45) is 0 Å². The molecule has 0 saturated heterocycles. The third kappa shape index (κ3) is 3.78. The number of benzene rings is 1. The van der Waals surface area contributed by atoms with Crippen LogP contribution >= 0.6 is 0 Å². The molecule has 0 radical (unpaired) electrons. The van der Waals surface area contributed by atoms with Gasteiger partial charge in [-0.15, -0.1) is 0 Å². The van der Waals surface area contributed by atoms with Gasteiger partial charge >= 0.3 is 6.18 Å². The van der Waals surface area contributed by atoms with Crippen LogP contribution in [0.2, 0.25) is 0 Å². The van der Waals surface area contributed by atoms with E-state index < -0.39 is 30.3 Å². The zero-order valence-electron chi connectivity index (χ0n) is 15.8. The molecule has 4 rings (SSSR count). The van der Waals surface area contributed by atoms with Gasteiger partial charge in [0.05, 0.1) is 24.6 Å². The molecule has 0 saturated carbocycles. The highest BCUT2D eigenvalue weighted by Gasteiger charge is 2.47. The fourth-order valence-corrected chi connectivity index (χ4v) is 3.45. The monoisotopic (exact) mass is 420 g/mol. The van der Waals surface area contributed by atoms with Crippen LogP contribution in [0, 0.1) is 0 Å². The average molecular weight is 420 g/mol. The summed E-state index contributed by atoms with van der Waals surface area (Å²) >= 11 is 0. The van der Waals surface area contributed by atoms with Crippen molar-refractivity contribution in [2.45, 2.75) is 37.7 Å². The van der Waals surface area contributed by atoms with E-state index in [4.69, 9.17) is 4.42 Å². The number of anilines is 2. The van der Waals surface area contributed by atoms with Gasteiger partial charge < -0.3 is 20.2 Å². The fourth-order valence-electron chi connectivity index (χ4n) is 3.45. The molecule has 0 bridgehead atoms. The number of nitrogens with one attached hydrogen (secondary N) is 2. The van der Waals surface area contributed by atoms with Gasteiger partial charge in [0.2, 0.25) is 0 Å². The second kappa shape index (κ2) is 7.52. The molecule has 30 heavy (non-hydrogen) atoms. The summed E-state index contributed by atoms with van der Waals surface area (Å²) in [5.74, 6) is -0.283. The standard InChI is InChI=1S/C20H19F3N4O3/c1-11(28)12-4-6-13(7-5-12)25-19(29)14-10-24-27-17(20(21,22)23)9-15(26-18(14)27)16-3-2-8-30-16/h2-8,10-11,15,17,26,28H,9H2,1H3,(H,25,29)/t11?,15-,17+/m1/s1. The van der Waals surface area contributed by atoms with Gasteiger partial charge in [-0.1, -0.05) is 12.1 Å². The first-order valence-corrected chi connectivity index (χ1v) is 9.27. The molecule has 1 amide bonds. The number of hydrogen-bond donors (Lipinski definition) is 3. The van der Waals surface area contributed by atoms with E-state index in [1.807, 2.05) is 0 Å². The third-order valence-corrected chi connectivity index (χ3v) is 5.02. The van der Waals surface area contributed by atoms with E-state index >= 15 is 0 Å². The van der Waals surface area contributed by atoms with Crippen LogP contribution in [0.1, 0.15) is 53.2 Å². The Labute approximate surface area is 169 Å². The summed E-state index contributed by atoms with van der Waals surface area (Å²) in [6, 6.07) is 7.04. The Bertz CT molecular complexity index is 1030. The molecule has 3 atom stereocenters. The number of rotatable bonds is 4. The minimum atomic E-state index is -4.54. The number of aromatic nitrogens is 2. The summed E-state index contributed by atoms with van der Waals surface area (Å²) in [5, 5.41) is 19.0.